The van der Waals surface area contributed by atoms with Crippen molar-refractivity contribution < 1.29 is 4.79 Å². The van der Waals surface area contributed by atoms with Gasteiger partial charge in [0.1, 0.15) is 5.78 Å². The fraction of sp³-hybridized carbons (Fsp3) is 0.400. The number of carbonyl (C=O) groups is 1. The molecule has 0 amide bonds. The average Bonchev–Trinajstić information content (AvgIpc) is 1.84. The minimum atomic E-state index is 0.167. The Hall–Kier alpha value is -1.18. The zero-order valence-corrected chi connectivity index (χ0v) is 8.09. The number of hydrogen-bond donors (Lipinski definition) is 0. The van der Waals surface area contributed by atoms with E-state index in [1.807, 2.05) is 26.2 Å². The van der Waals surface area contributed by atoms with E-state index < -0.39 is 0 Å². The van der Waals surface area contributed by atoms with Crippen LogP contribution in [0, 0.1) is 13.8 Å². The third kappa shape index (κ3) is 6.93. The normalized spacial score (nSPS) is 8.33. The van der Waals surface area contributed by atoms with Gasteiger partial charge in [0.25, 0.3) is 0 Å². The lowest BCUT2D eigenvalue weighted by Gasteiger charge is -1.89. The van der Waals surface area contributed by atoms with E-state index in [0.717, 1.165) is 0 Å². The SMILES string of the molecule is CC(C)=O.Cc1cncc(C)c1. The molecule has 0 aliphatic heterocycles. The van der Waals surface area contributed by atoms with Gasteiger partial charge in [0.2, 0.25) is 0 Å². The maximum Gasteiger partial charge on any atom is 0.126 e. The Morgan fingerprint density at radius 2 is 1.50 bits per heavy atom. The molecule has 0 aliphatic carbocycles. The van der Waals surface area contributed by atoms with Crippen molar-refractivity contribution in [2.45, 2.75) is 27.7 Å². The van der Waals surface area contributed by atoms with Crippen LogP contribution < -0.4 is 0 Å². The number of Topliss-reactive ketones (excluding diaryl/α,β-unsaturated/α-hetero) is 1. The molecule has 66 valence electrons. The molecule has 0 fully saturated rings. The number of pyridine rings is 1. The molecule has 0 aliphatic rings. The molecule has 0 saturated carbocycles. The summed E-state index contributed by atoms with van der Waals surface area (Å²) < 4.78 is 0. The summed E-state index contributed by atoms with van der Waals surface area (Å²) in [5.74, 6) is 0.167. The van der Waals surface area contributed by atoms with Crippen molar-refractivity contribution in [1.82, 2.24) is 4.98 Å². The van der Waals surface area contributed by atoms with Gasteiger partial charge in [-0.05, 0) is 38.8 Å². The smallest absolute Gasteiger partial charge is 0.126 e. The van der Waals surface area contributed by atoms with E-state index in [9.17, 15) is 4.79 Å². The van der Waals surface area contributed by atoms with Crippen molar-refractivity contribution in [1.29, 1.82) is 0 Å². The number of nitrogens with zero attached hydrogens (tertiary/aromatic N) is 1. The summed E-state index contributed by atoms with van der Waals surface area (Å²) in [7, 11) is 0. The largest absolute Gasteiger partial charge is 0.300 e. The standard InChI is InChI=1S/C7H9N.C3H6O/c1-6-3-7(2)5-8-4-6;1-3(2)4/h3-5H,1-2H3;1-2H3. The van der Waals surface area contributed by atoms with Crippen molar-refractivity contribution in [3.63, 3.8) is 0 Å². The summed E-state index contributed by atoms with van der Waals surface area (Å²) in [6.07, 6.45) is 3.71. The molecule has 1 rings (SSSR count). The first kappa shape index (κ1) is 10.8. The Morgan fingerprint density at radius 1 is 1.17 bits per heavy atom. The van der Waals surface area contributed by atoms with Gasteiger partial charge in [-0.1, -0.05) is 6.07 Å². The Morgan fingerprint density at radius 3 is 1.67 bits per heavy atom. The second-order valence-corrected chi connectivity index (χ2v) is 2.95. The third-order valence-corrected chi connectivity index (χ3v) is 1.01. The quantitative estimate of drug-likeness (QED) is 0.590. The number of ketones is 1. The van der Waals surface area contributed by atoms with E-state index in [1.165, 1.54) is 25.0 Å². The highest BCUT2D eigenvalue weighted by molar-refractivity contribution is 5.72. The molecule has 12 heavy (non-hydrogen) atoms. The van der Waals surface area contributed by atoms with E-state index in [0.29, 0.717) is 0 Å². The second kappa shape index (κ2) is 5.47. The minimum Gasteiger partial charge on any atom is -0.300 e. The number of aromatic nitrogens is 1. The molecule has 1 aromatic rings. The number of hydrogen-bond acceptors (Lipinski definition) is 2. The monoisotopic (exact) mass is 165 g/mol. The van der Waals surface area contributed by atoms with Crippen molar-refractivity contribution in [2.75, 3.05) is 0 Å². The summed E-state index contributed by atoms with van der Waals surface area (Å²) in [5.41, 5.74) is 2.45. The fourth-order valence-electron chi connectivity index (χ4n) is 0.706. The second-order valence-electron chi connectivity index (χ2n) is 2.95. The third-order valence-electron chi connectivity index (χ3n) is 1.01. The molecule has 0 atom stereocenters. The number of carbonyl (C=O) groups excluding carboxylic acids is 1. The van der Waals surface area contributed by atoms with Gasteiger partial charge in [0.15, 0.2) is 0 Å². The van der Waals surface area contributed by atoms with Gasteiger partial charge in [0, 0.05) is 12.4 Å². The summed E-state index contributed by atoms with van der Waals surface area (Å²) >= 11 is 0. The fourth-order valence-corrected chi connectivity index (χ4v) is 0.706. The molecule has 0 aromatic carbocycles. The van der Waals surface area contributed by atoms with Gasteiger partial charge in [-0.2, -0.15) is 0 Å². The molecule has 0 spiro atoms. The van der Waals surface area contributed by atoms with Gasteiger partial charge in [-0.15, -0.1) is 0 Å². The zero-order chi connectivity index (χ0) is 9.56. The van der Waals surface area contributed by atoms with Crippen LogP contribution in [0.5, 0.6) is 0 Å². The predicted molar refractivity (Wildman–Crippen MR) is 50.1 cm³/mol. The first-order valence-corrected chi connectivity index (χ1v) is 3.88. The maximum atomic E-state index is 9.44. The van der Waals surface area contributed by atoms with Crippen LogP contribution in [0.25, 0.3) is 0 Å². The van der Waals surface area contributed by atoms with Gasteiger partial charge in [0.05, 0.1) is 0 Å². The molecule has 0 N–H and O–H groups in total. The highest BCUT2D eigenvalue weighted by atomic mass is 16.1. The highest BCUT2D eigenvalue weighted by Gasteiger charge is 1.81. The van der Waals surface area contributed by atoms with Crippen molar-refractivity contribution in [3.05, 3.63) is 29.6 Å². The summed E-state index contributed by atoms with van der Waals surface area (Å²) in [6, 6.07) is 2.10. The average molecular weight is 165 g/mol. The van der Waals surface area contributed by atoms with Crippen LogP contribution >= 0.6 is 0 Å². The van der Waals surface area contributed by atoms with Crippen molar-refractivity contribution in [2.24, 2.45) is 0 Å². The van der Waals surface area contributed by atoms with Crippen LogP contribution in [-0.4, -0.2) is 10.8 Å². The molecular formula is C10H15NO. The van der Waals surface area contributed by atoms with Crippen LogP contribution in [0.3, 0.4) is 0 Å². The molecule has 1 heterocycles. The minimum absolute atomic E-state index is 0.167. The Balaban J connectivity index is 0.000000261. The first-order chi connectivity index (χ1) is 5.52. The molecule has 2 heteroatoms. The summed E-state index contributed by atoms with van der Waals surface area (Å²) in [5, 5.41) is 0. The first-order valence-electron chi connectivity index (χ1n) is 3.88. The van der Waals surface area contributed by atoms with Crippen LogP contribution in [0.4, 0.5) is 0 Å². The molecule has 1 aromatic heterocycles. The zero-order valence-electron chi connectivity index (χ0n) is 8.09. The molecule has 0 radical (unpaired) electrons. The van der Waals surface area contributed by atoms with E-state index >= 15 is 0 Å². The Labute approximate surface area is 73.6 Å². The van der Waals surface area contributed by atoms with E-state index in [4.69, 9.17) is 0 Å². The van der Waals surface area contributed by atoms with Gasteiger partial charge in [-0.25, -0.2) is 0 Å². The molecular weight excluding hydrogens is 150 g/mol. The molecule has 0 unspecified atom stereocenters. The lowest BCUT2D eigenvalue weighted by molar-refractivity contribution is -0.114. The van der Waals surface area contributed by atoms with E-state index in [-0.39, 0.29) is 5.78 Å². The van der Waals surface area contributed by atoms with Crippen LogP contribution in [0.2, 0.25) is 0 Å². The van der Waals surface area contributed by atoms with Crippen LogP contribution in [0.1, 0.15) is 25.0 Å². The number of rotatable bonds is 0. The summed E-state index contributed by atoms with van der Waals surface area (Å²) in [6.45, 7) is 7.14. The summed E-state index contributed by atoms with van der Waals surface area (Å²) in [4.78, 5) is 13.4. The number of aryl methyl sites for hydroxylation is 2. The Bertz CT molecular complexity index is 235. The Kier molecular flexibility index (Phi) is 4.93. The van der Waals surface area contributed by atoms with Gasteiger partial charge in [-0.3, -0.25) is 4.98 Å². The highest BCUT2D eigenvalue weighted by Crippen LogP contribution is 1.96. The molecule has 0 saturated heterocycles. The molecule has 2 nitrogen and oxygen atoms in total. The molecule has 0 bridgehead atoms. The van der Waals surface area contributed by atoms with Gasteiger partial charge < -0.3 is 4.79 Å². The topological polar surface area (TPSA) is 30.0 Å². The van der Waals surface area contributed by atoms with Gasteiger partial charge >= 0.3 is 0 Å². The van der Waals surface area contributed by atoms with Crippen molar-refractivity contribution >= 4 is 5.78 Å². The lowest BCUT2D eigenvalue weighted by Crippen LogP contribution is -1.76. The predicted octanol–water partition coefficient (Wildman–Crippen LogP) is 2.29. The van der Waals surface area contributed by atoms with E-state index in [2.05, 4.69) is 11.1 Å². The van der Waals surface area contributed by atoms with E-state index in [1.54, 1.807) is 0 Å². The van der Waals surface area contributed by atoms with Crippen LogP contribution in [0.15, 0.2) is 18.5 Å². The maximum absolute atomic E-state index is 9.44. The van der Waals surface area contributed by atoms with Crippen LogP contribution in [-0.2, 0) is 4.79 Å². The van der Waals surface area contributed by atoms with Crippen molar-refractivity contribution in [3.8, 4) is 0 Å². The lowest BCUT2D eigenvalue weighted by atomic mass is 10.2.